The van der Waals surface area contributed by atoms with Crippen molar-refractivity contribution >= 4 is 28.6 Å². The second-order valence-corrected chi connectivity index (χ2v) is 8.86. The summed E-state index contributed by atoms with van der Waals surface area (Å²) in [5.74, 6) is 0.620. The molecule has 0 fully saturated rings. The van der Waals surface area contributed by atoms with Gasteiger partial charge in [-0.05, 0) is 55.4 Å². The number of nitrogens with zero attached hydrogens (tertiary/aromatic N) is 2. The molecule has 1 amide bonds. The Kier molecular flexibility index (Phi) is 5.51. The summed E-state index contributed by atoms with van der Waals surface area (Å²) in [5, 5.41) is 12.7. The Morgan fingerprint density at radius 3 is 2.90 bits per heavy atom. The zero-order chi connectivity index (χ0) is 21.2. The van der Waals surface area contributed by atoms with Crippen molar-refractivity contribution in [2.24, 2.45) is 0 Å². The van der Waals surface area contributed by atoms with Gasteiger partial charge in [0.25, 0.3) is 11.1 Å². The monoisotopic (exact) mass is 432 g/mol. The van der Waals surface area contributed by atoms with Gasteiger partial charge in [-0.15, -0.1) is 10.2 Å². The number of rotatable bonds is 6. The molecule has 2 heterocycles. The summed E-state index contributed by atoms with van der Waals surface area (Å²) in [6.45, 7) is 2.02. The highest BCUT2D eigenvalue weighted by Gasteiger charge is 2.17. The first-order chi connectivity index (χ1) is 15.2. The summed E-state index contributed by atoms with van der Waals surface area (Å²) in [6.07, 6.45) is 6.68. The highest BCUT2D eigenvalue weighted by molar-refractivity contribution is 7.99. The van der Waals surface area contributed by atoms with E-state index in [9.17, 15) is 4.79 Å². The number of aromatic amines is 1. The summed E-state index contributed by atoms with van der Waals surface area (Å²) in [5.41, 5.74) is 5.90. The van der Waals surface area contributed by atoms with Crippen LogP contribution in [0.1, 0.15) is 42.5 Å². The molecule has 0 aliphatic heterocycles. The molecule has 1 aliphatic carbocycles. The van der Waals surface area contributed by atoms with Crippen LogP contribution >= 0.6 is 11.8 Å². The van der Waals surface area contributed by atoms with Gasteiger partial charge in [-0.25, -0.2) is 0 Å². The largest absolute Gasteiger partial charge is 0.411 e. The summed E-state index contributed by atoms with van der Waals surface area (Å²) in [6, 6.07) is 14.5. The van der Waals surface area contributed by atoms with Gasteiger partial charge in [0.1, 0.15) is 0 Å². The Bertz CT molecular complexity index is 1230. The lowest BCUT2D eigenvalue weighted by atomic mass is 9.89. The number of aromatic nitrogens is 3. The van der Waals surface area contributed by atoms with Gasteiger partial charge >= 0.3 is 0 Å². The number of nitrogens with one attached hydrogen (secondary N) is 2. The van der Waals surface area contributed by atoms with Gasteiger partial charge < -0.3 is 14.7 Å². The Morgan fingerprint density at radius 1 is 1.16 bits per heavy atom. The predicted molar refractivity (Wildman–Crippen MR) is 122 cm³/mol. The first-order valence-corrected chi connectivity index (χ1v) is 11.6. The molecule has 2 aromatic carbocycles. The number of carbonyl (C=O) groups is 1. The number of H-pyrrole nitrogens is 1. The van der Waals surface area contributed by atoms with Crippen LogP contribution in [-0.4, -0.2) is 26.8 Å². The Balaban J connectivity index is 1.19. The maximum atomic E-state index is 12.5. The van der Waals surface area contributed by atoms with E-state index in [0.29, 0.717) is 11.1 Å². The Morgan fingerprint density at radius 2 is 2.00 bits per heavy atom. The standard InChI is InChI=1S/C24H24N4O2S/c1-15(17-11-10-16-6-2-3-7-18(16)12-17)26-22(29)14-31-24-28-27-23(30-24)20-13-25-21-9-5-4-8-19(20)21/h4-5,8-13,15,25H,2-3,6-7,14H2,1H3,(H,26,29)/t15-/m0/s1. The normalized spacial score (nSPS) is 14.4. The summed E-state index contributed by atoms with van der Waals surface area (Å²) in [7, 11) is 0. The number of para-hydroxylation sites is 1. The average molecular weight is 433 g/mol. The number of hydrogen-bond donors (Lipinski definition) is 2. The van der Waals surface area contributed by atoms with Gasteiger partial charge in [-0.2, -0.15) is 0 Å². The molecule has 7 heteroatoms. The number of carbonyl (C=O) groups excluding carboxylic acids is 1. The second-order valence-electron chi connectivity index (χ2n) is 7.93. The molecular formula is C24H24N4O2S. The quantitative estimate of drug-likeness (QED) is 0.416. The third-order valence-electron chi connectivity index (χ3n) is 5.80. The van der Waals surface area contributed by atoms with Crippen molar-refractivity contribution in [3.05, 3.63) is 65.4 Å². The van der Waals surface area contributed by atoms with E-state index in [1.165, 1.54) is 35.7 Å². The fourth-order valence-corrected chi connectivity index (χ4v) is 4.72. The maximum Gasteiger partial charge on any atom is 0.277 e. The third kappa shape index (κ3) is 4.23. The van der Waals surface area contributed by atoms with Crippen LogP contribution in [0.3, 0.4) is 0 Å². The molecule has 6 nitrogen and oxygen atoms in total. The lowest BCUT2D eigenvalue weighted by molar-refractivity contribution is -0.119. The molecule has 0 saturated carbocycles. The van der Waals surface area contributed by atoms with Gasteiger partial charge in [0.2, 0.25) is 5.91 Å². The average Bonchev–Trinajstić information content (AvgIpc) is 3.44. The number of thioether (sulfide) groups is 1. The molecule has 158 valence electrons. The Hall–Kier alpha value is -3.06. The fourth-order valence-electron chi connectivity index (χ4n) is 4.14. The summed E-state index contributed by atoms with van der Waals surface area (Å²) < 4.78 is 5.78. The zero-order valence-electron chi connectivity index (χ0n) is 17.4. The van der Waals surface area contributed by atoms with E-state index in [4.69, 9.17) is 4.42 Å². The van der Waals surface area contributed by atoms with E-state index in [-0.39, 0.29) is 17.7 Å². The maximum absolute atomic E-state index is 12.5. The van der Waals surface area contributed by atoms with E-state index < -0.39 is 0 Å². The summed E-state index contributed by atoms with van der Waals surface area (Å²) >= 11 is 1.25. The molecule has 0 unspecified atom stereocenters. The van der Waals surface area contributed by atoms with Gasteiger partial charge in [0.15, 0.2) is 0 Å². The van der Waals surface area contributed by atoms with Crippen LogP contribution in [0.2, 0.25) is 0 Å². The van der Waals surface area contributed by atoms with Crippen molar-refractivity contribution < 1.29 is 9.21 Å². The highest BCUT2D eigenvalue weighted by Crippen LogP contribution is 2.29. The van der Waals surface area contributed by atoms with Crippen LogP contribution in [0.15, 0.2) is 58.3 Å². The molecule has 1 aliphatic rings. The number of aryl methyl sites for hydroxylation is 2. The zero-order valence-corrected chi connectivity index (χ0v) is 18.2. The van der Waals surface area contributed by atoms with Crippen LogP contribution in [0, 0.1) is 0 Å². The molecule has 4 aromatic rings. The molecule has 1 atom stereocenters. The van der Waals surface area contributed by atoms with E-state index in [0.717, 1.165) is 34.9 Å². The minimum atomic E-state index is -0.0536. The van der Waals surface area contributed by atoms with Crippen molar-refractivity contribution in [3.8, 4) is 11.5 Å². The lowest BCUT2D eigenvalue weighted by Gasteiger charge is -2.20. The van der Waals surface area contributed by atoms with Crippen LogP contribution in [-0.2, 0) is 17.6 Å². The van der Waals surface area contributed by atoms with Crippen molar-refractivity contribution in [2.75, 3.05) is 5.75 Å². The minimum absolute atomic E-state index is 0.0372. The third-order valence-corrected chi connectivity index (χ3v) is 6.62. The Labute approximate surface area is 184 Å². The number of benzene rings is 2. The predicted octanol–water partition coefficient (Wildman–Crippen LogP) is 5.07. The van der Waals surface area contributed by atoms with Crippen molar-refractivity contribution in [1.82, 2.24) is 20.5 Å². The smallest absolute Gasteiger partial charge is 0.277 e. The van der Waals surface area contributed by atoms with Gasteiger partial charge in [0, 0.05) is 17.1 Å². The SMILES string of the molecule is C[C@H](NC(=O)CSc1nnc(-c2c[nH]c3ccccc23)o1)c1ccc2c(c1)CCCC2. The van der Waals surface area contributed by atoms with Crippen molar-refractivity contribution in [2.45, 2.75) is 43.9 Å². The van der Waals surface area contributed by atoms with E-state index in [2.05, 4.69) is 38.7 Å². The van der Waals surface area contributed by atoms with E-state index >= 15 is 0 Å². The summed E-state index contributed by atoms with van der Waals surface area (Å²) in [4.78, 5) is 15.7. The molecule has 0 spiro atoms. The fraction of sp³-hybridized carbons (Fsp3) is 0.292. The van der Waals surface area contributed by atoms with Crippen LogP contribution in [0.4, 0.5) is 0 Å². The van der Waals surface area contributed by atoms with Crippen LogP contribution in [0.5, 0.6) is 0 Å². The van der Waals surface area contributed by atoms with Gasteiger partial charge in [-0.3, -0.25) is 4.79 Å². The molecular weight excluding hydrogens is 408 g/mol. The van der Waals surface area contributed by atoms with Crippen molar-refractivity contribution in [1.29, 1.82) is 0 Å². The highest BCUT2D eigenvalue weighted by atomic mass is 32.2. The molecule has 0 radical (unpaired) electrons. The van der Waals surface area contributed by atoms with Gasteiger partial charge in [0.05, 0.1) is 17.4 Å². The molecule has 2 aromatic heterocycles. The number of hydrogen-bond acceptors (Lipinski definition) is 5. The molecule has 31 heavy (non-hydrogen) atoms. The number of amides is 1. The first kappa shape index (κ1) is 19.9. The molecule has 2 N–H and O–H groups in total. The minimum Gasteiger partial charge on any atom is -0.411 e. The lowest BCUT2D eigenvalue weighted by Crippen LogP contribution is -2.28. The molecule has 5 rings (SSSR count). The van der Waals surface area contributed by atoms with Gasteiger partial charge in [-0.1, -0.05) is 48.2 Å². The van der Waals surface area contributed by atoms with E-state index in [1.807, 2.05) is 37.4 Å². The molecule has 0 bridgehead atoms. The van der Waals surface area contributed by atoms with E-state index in [1.54, 1.807) is 0 Å². The van der Waals surface area contributed by atoms with Crippen LogP contribution < -0.4 is 5.32 Å². The second kappa shape index (κ2) is 8.59. The van der Waals surface area contributed by atoms with Crippen molar-refractivity contribution in [3.63, 3.8) is 0 Å². The number of fused-ring (bicyclic) bond motifs is 2. The topological polar surface area (TPSA) is 83.8 Å². The van der Waals surface area contributed by atoms with Crippen LogP contribution in [0.25, 0.3) is 22.4 Å². The first-order valence-electron chi connectivity index (χ1n) is 10.6. The molecule has 0 saturated heterocycles.